The third kappa shape index (κ3) is 3.76. The number of amides is 1. The molecule has 0 radical (unpaired) electrons. The van der Waals surface area contributed by atoms with Crippen LogP contribution >= 0.6 is 15.9 Å². The van der Waals surface area contributed by atoms with E-state index in [9.17, 15) is 13.6 Å². The lowest BCUT2D eigenvalue weighted by Crippen LogP contribution is -2.50. The predicted molar refractivity (Wildman–Crippen MR) is 74.8 cm³/mol. The SMILES string of the molecule is CC1CN(C(=O)Cc2ccc(F)c(F)c2)CC(CBr)O1. The van der Waals surface area contributed by atoms with Crippen LogP contribution in [0.4, 0.5) is 8.78 Å². The highest BCUT2D eigenvalue weighted by Crippen LogP contribution is 2.15. The molecule has 0 saturated carbocycles. The standard InChI is InChI=1S/C14H16BrF2NO2/c1-9-7-18(8-11(6-15)20-9)14(19)5-10-2-3-12(16)13(17)4-10/h2-4,9,11H,5-8H2,1H3. The first kappa shape index (κ1) is 15.4. The second-order valence-electron chi connectivity index (χ2n) is 4.95. The number of benzene rings is 1. The molecule has 2 atom stereocenters. The number of ether oxygens (including phenoxy) is 1. The molecule has 2 rings (SSSR count). The molecule has 0 aliphatic carbocycles. The van der Waals surface area contributed by atoms with E-state index in [1.54, 1.807) is 4.90 Å². The molecule has 0 spiro atoms. The van der Waals surface area contributed by atoms with Crippen LogP contribution < -0.4 is 0 Å². The second kappa shape index (κ2) is 6.63. The fraction of sp³-hybridized carbons (Fsp3) is 0.500. The first-order chi connectivity index (χ1) is 9.49. The first-order valence-corrected chi connectivity index (χ1v) is 7.55. The van der Waals surface area contributed by atoms with Crippen LogP contribution in [0.3, 0.4) is 0 Å². The minimum atomic E-state index is -0.927. The summed E-state index contributed by atoms with van der Waals surface area (Å²) in [7, 11) is 0. The van der Waals surface area contributed by atoms with Crippen LogP contribution in [-0.2, 0) is 16.0 Å². The number of halogens is 3. The number of alkyl halides is 1. The number of nitrogens with zero attached hydrogens (tertiary/aromatic N) is 1. The van der Waals surface area contributed by atoms with Crippen molar-refractivity contribution in [2.24, 2.45) is 0 Å². The fourth-order valence-corrected chi connectivity index (χ4v) is 2.63. The van der Waals surface area contributed by atoms with Crippen LogP contribution in [0, 0.1) is 11.6 Å². The Balaban J connectivity index is 2.01. The van der Waals surface area contributed by atoms with E-state index in [-0.39, 0.29) is 24.5 Å². The van der Waals surface area contributed by atoms with Crippen molar-refractivity contribution in [3.8, 4) is 0 Å². The monoisotopic (exact) mass is 347 g/mol. The van der Waals surface area contributed by atoms with Gasteiger partial charge in [0.1, 0.15) is 0 Å². The predicted octanol–water partition coefficient (Wildman–Crippen LogP) is 2.52. The highest BCUT2D eigenvalue weighted by Gasteiger charge is 2.27. The minimum Gasteiger partial charge on any atom is -0.371 e. The van der Waals surface area contributed by atoms with Gasteiger partial charge in [-0.1, -0.05) is 22.0 Å². The quantitative estimate of drug-likeness (QED) is 0.786. The van der Waals surface area contributed by atoms with Crippen molar-refractivity contribution < 1.29 is 18.3 Å². The van der Waals surface area contributed by atoms with Crippen LogP contribution in [0.2, 0.25) is 0 Å². The van der Waals surface area contributed by atoms with Gasteiger partial charge in [-0.15, -0.1) is 0 Å². The molecule has 1 aliphatic heterocycles. The molecule has 0 aromatic heterocycles. The fourth-order valence-electron chi connectivity index (χ4n) is 2.27. The molecular formula is C14H16BrF2NO2. The third-order valence-electron chi connectivity index (χ3n) is 3.19. The molecule has 1 aromatic carbocycles. The average molecular weight is 348 g/mol. The van der Waals surface area contributed by atoms with E-state index in [0.717, 1.165) is 12.1 Å². The number of hydrogen-bond acceptors (Lipinski definition) is 2. The number of hydrogen-bond donors (Lipinski definition) is 0. The molecule has 0 bridgehead atoms. The summed E-state index contributed by atoms with van der Waals surface area (Å²) in [5.41, 5.74) is 0.475. The van der Waals surface area contributed by atoms with Crippen LogP contribution in [0.1, 0.15) is 12.5 Å². The number of rotatable bonds is 3. The Labute approximate surface area is 125 Å². The molecule has 3 nitrogen and oxygen atoms in total. The van der Waals surface area contributed by atoms with Gasteiger partial charge >= 0.3 is 0 Å². The summed E-state index contributed by atoms with van der Waals surface area (Å²) in [4.78, 5) is 13.9. The summed E-state index contributed by atoms with van der Waals surface area (Å²) in [5, 5.41) is 0.659. The van der Waals surface area contributed by atoms with Gasteiger partial charge in [0.2, 0.25) is 5.91 Å². The van der Waals surface area contributed by atoms with Crippen molar-refractivity contribution in [3.05, 3.63) is 35.4 Å². The summed E-state index contributed by atoms with van der Waals surface area (Å²) in [6.45, 7) is 2.94. The smallest absolute Gasteiger partial charge is 0.227 e. The maximum absolute atomic E-state index is 13.1. The Kier molecular flexibility index (Phi) is 5.10. The van der Waals surface area contributed by atoms with Crippen molar-refractivity contribution in [3.63, 3.8) is 0 Å². The molecule has 1 fully saturated rings. The Morgan fingerprint density at radius 2 is 2.15 bits per heavy atom. The summed E-state index contributed by atoms with van der Waals surface area (Å²) in [6.07, 6.45) is 0.00621. The zero-order valence-electron chi connectivity index (χ0n) is 11.1. The lowest BCUT2D eigenvalue weighted by molar-refractivity contribution is -0.142. The van der Waals surface area contributed by atoms with E-state index in [4.69, 9.17) is 4.74 Å². The van der Waals surface area contributed by atoms with Crippen LogP contribution in [0.25, 0.3) is 0 Å². The van der Waals surface area contributed by atoms with Gasteiger partial charge in [0.25, 0.3) is 0 Å². The van der Waals surface area contributed by atoms with Crippen LogP contribution in [-0.4, -0.2) is 41.4 Å². The van der Waals surface area contributed by atoms with Crippen molar-refractivity contribution in [1.82, 2.24) is 4.90 Å². The Morgan fingerprint density at radius 1 is 1.40 bits per heavy atom. The van der Waals surface area contributed by atoms with Crippen LogP contribution in [0.5, 0.6) is 0 Å². The average Bonchev–Trinajstić information content (AvgIpc) is 2.42. The second-order valence-corrected chi connectivity index (χ2v) is 5.59. The Morgan fingerprint density at radius 3 is 2.80 bits per heavy atom. The van der Waals surface area contributed by atoms with Gasteiger partial charge in [0.05, 0.1) is 18.6 Å². The maximum atomic E-state index is 13.1. The van der Waals surface area contributed by atoms with E-state index >= 15 is 0 Å². The Bertz CT molecular complexity index is 498. The van der Waals surface area contributed by atoms with E-state index in [1.165, 1.54) is 6.07 Å². The van der Waals surface area contributed by atoms with Crippen molar-refractivity contribution >= 4 is 21.8 Å². The molecule has 20 heavy (non-hydrogen) atoms. The molecule has 1 aromatic rings. The lowest BCUT2D eigenvalue weighted by atomic mass is 10.1. The third-order valence-corrected chi connectivity index (χ3v) is 3.91. The molecule has 1 amide bonds. The van der Waals surface area contributed by atoms with Gasteiger partial charge in [-0.3, -0.25) is 4.79 Å². The van der Waals surface area contributed by atoms with Gasteiger partial charge in [-0.2, -0.15) is 0 Å². The van der Waals surface area contributed by atoms with Gasteiger partial charge in [-0.05, 0) is 24.6 Å². The van der Waals surface area contributed by atoms with E-state index in [0.29, 0.717) is 24.0 Å². The zero-order valence-corrected chi connectivity index (χ0v) is 12.7. The molecule has 1 saturated heterocycles. The normalized spacial score (nSPS) is 22.9. The molecule has 2 unspecified atom stereocenters. The largest absolute Gasteiger partial charge is 0.371 e. The summed E-state index contributed by atoms with van der Waals surface area (Å²) >= 11 is 3.35. The maximum Gasteiger partial charge on any atom is 0.227 e. The van der Waals surface area contributed by atoms with E-state index in [1.807, 2.05) is 6.92 Å². The number of morpholine rings is 1. The molecule has 110 valence electrons. The molecule has 0 N–H and O–H groups in total. The van der Waals surface area contributed by atoms with Gasteiger partial charge < -0.3 is 9.64 Å². The molecule has 6 heteroatoms. The minimum absolute atomic E-state index is 0.0276. The summed E-state index contributed by atoms with van der Waals surface area (Å²) in [5.74, 6) is -1.93. The van der Waals surface area contributed by atoms with Crippen molar-refractivity contribution in [2.45, 2.75) is 25.6 Å². The van der Waals surface area contributed by atoms with Gasteiger partial charge in [0.15, 0.2) is 11.6 Å². The highest BCUT2D eigenvalue weighted by molar-refractivity contribution is 9.09. The zero-order chi connectivity index (χ0) is 14.7. The molecule has 1 heterocycles. The number of carbonyl (C=O) groups excluding carboxylic acids is 1. The molecule has 1 aliphatic rings. The number of carbonyl (C=O) groups is 1. The van der Waals surface area contributed by atoms with E-state index in [2.05, 4.69) is 15.9 Å². The lowest BCUT2D eigenvalue weighted by Gasteiger charge is -2.36. The van der Waals surface area contributed by atoms with Gasteiger partial charge in [0, 0.05) is 18.4 Å². The topological polar surface area (TPSA) is 29.5 Å². The Hall–Kier alpha value is -1.01. The summed E-state index contributed by atoms with van der Waals surface area (Å²) < 4.78 is 31.6. The molecular weight excluding hydrogens is 332 g/mol. The highest BCUT2D eigenvalue weighted by atomic mass is 79.9. The van der Waals surface area contributed by atoms with Crippen molar-refractivity contribution in [2.75, 3.05) is 18.4 Å². The van der Waals surface area contributed by atoms with Crippen LogP contribution in [0.15, 0.2) is 18.2 Å². The van der Waals surface area contributed by atoms with E-state index < -0.39 is 11.6 Å². The van der Waals surface area contributed by atoms with Crippen molar-refractivity contribution in [1.29, 1.82) is 0 Å². The first-order valence-electron chi connectivity index (χ1n) is 6.42. The summed E-state index contributed by atoms with van der Waals surface area (Å²) in [6, 6.07) is 3.54. The van der Waals surface area contributed by atoms with Gasteiger partial charge in [-0.25, -0.2) is 8.78 Å².